The molecule has 0 saturated heterocycles. The summed E-state index contributed by atoms with van der Waals surface area (Å²) in [7, 11) is 0. The van der Waals surface area contributed by atoms with Gasteiger partial charge in [0.2, 0.25) is 0 Å². The molecular formula is C23H23NO2. The molecule has 0 bridgehead atoms. The number of hydrogen-bond donors (Lipinski definition) is 1. The lowest BCUT2D eigenvalue weighted by atomic mass is 9.84. The Labute approximate surface area is 154 Å². The summed E-state index contributed by atoms with van der Waals surface area (Å²) in [5, 5.41) is 5.00. The Morgan fingerprint density at radius 2 is 1.58 bits per heavy atom. The van der Waals surface area contributed by atoms with Crippen LogP contribution in [0.25, 0.3) is 10.8 Å². The van der Waals surface area contributed by atoms with Gasteiger partial charge in [0.1, 0.15) is 5.75 Å². The zero-order valence-corrected chi connectivity index (χ0v) is 14.8. The Bertz CT molecular complexity index is 907. The van der Waals surface area contributed by atoms with Crippen LogP contribution in [-0.2, 0) is 0 Å². The largest absolute Gasteiger partial charge is 0.417 e. The van der Waals surface area contributed by atoms with E-state index in [0.29, 0.717) is 11.7 Å². The fraction of sp³-hybridized carbons (Fsp3) is 0.261. The maximum atomic E-state index is 12.5. The number of hydrogen-bond acceptors (Lipinski definition) is 2. The first-order valence-electron chi connectivity index (χ1n) is 9.37. The average Bonchev–Trinajstić information content (AvgIpc) is 2.69. The number of carbonyl (C=O) groups excluding carboxylic acids is 1. The van der Waals surface area contributed by atoms with Crippen molar-refractivity contribution in [3.63, 3.8) is 0 Å². The van der Waals surface area contributed by atoms with Crippen LogP contribution in [0, 0.1) is 0 Å². The Hall–Kier alpha value is -2.81. The van der Waals surface area contributed by atoms with Gasteiger partial charge in [-0.25, -0.2) is 4.79 Å². The number of benzene rings is 3. The number of nitrogens with one attached hydrogen (secondary N) is 1. The minimum absolute atomic E-state index is 0.440. The van der Waals surface area contributed by atoms with Gasteiger partial charge in [0, 0.05) is 5.39 Å². The normalized spacial score (nSPS) is 14.9. The third kappa shape index (κ3) is 3.57. The molecule has 0 aliphatic heterocycles. The number of fused-ring (bicyclic) bond motifs is 1. The first kappa shape index (κ1) is 16.6. The van der Waals surface area contributed by atoms with Crippen LogP contribution in [0.2, 0.25) is 0 Å². The molecule has 3 nitrogen and oxygen atoms in total. The third-order valence-electron chi connectivity index (χ3n) is 5.19. The van der Waals surface area contributed by atoms with Gasteiger partial charge in [-0.15, -0.1) is 0 Å². The molecule has 0 unspecified atom stereocenters. The van der Waals surface area contributed by atoms with E-state index in [0.717, 1.165) is 22.0 Å². The van der Waals surface area contributed by atoms with Gasteiger partial charge in [-0.1, -0.05) is 73.9 Å². The van der Waals surface area contributed by atoms with Crippen molar-refractivity contribution in [1.29, 1.82) is 0 Å². The van der Waals surface area contributed by atoms with E-state index in [2.05, 4.69) is 11.4 Å². The SMILES string of the molecule is O=C(Nc1cccc2ccccc12)Oc1ccccc1C1CCCCC1. The average molecular weight is 345 g/mol. The third-order valence-corrected chi connectivity index (χ3v) is 5.19. The molecule has 1 N–H and O–H groups in total. The van der Waals surface area contributed by atoms with Crippen LogP contribution in [0.15, 0.2) is 66.7 Å². The lowest BCUT2D eigenvalue weighted by molar-refractivity contribution is 0.214. The summed E-state index contributed by atoms with van der Waals surface area (Å²) in [6, 6.07) is 21.8. The van der Waals surface area contributed by atoms with Crippen molar-refractivity contribution in [2.45, 2.75) is 38.0 Å². The second-order valence-corrected chi connectivity index (χ2v) is 6.91. The first-order chi connectivity index (χ1) is 12.8. The Morgan fingerprint density at radius 3 is 2.46 bits per heavy atom. The second kappa shape index (κ2) is 7.61. The summed E-state index contributed by atoms with van der Waals surface area (Å²) < 4.78 is 5.70. The number of anilines is 1. The predicted molar refractivity (Wildman–Crippen MR) is 106 cm³/mol. The molecule has 0 radical (unpaired) electrons. The summed E-state index contributed by atoms with van der Waals surface area (Å²) in [4.78, 5) is 12.5. The quantitative estimate of drug-likeness (QED) is 0.588. The molecule has 1 amide bonds. The number of rotatable bonds is 3. The molecule has 0 aromatic heterocycles. The van der Waals surface area contributed by atoms with Gasteiger partial charge >= 0.3 is 6.09 Å². The maximum absolute atomic E-state index is 12.5. The van der Waals surface area contributed by atoms with Gasteiger partial charge in [-0.05, 0) is 41.8 Å². The van der Waals surface area contributed by atoms with Gasteiger partial charge < -0.3 is 4.74 Å². The van der Waals surface area contributed by atoms with E-state index in [9.17, 15) is 4.79 Å². The molecule has 26 heavy (non-hydrogen) atoms. The highest BCUT2D eigenvalue weighted by Crippen LogP contribution is 2.37. The van der Waals surface area contributed by atoms with Crippen molar-refractivity contribution < 1.29 is 9.53 Å². The van der Waals surface area contributed by atoms with Gasteiger partial charge in [0.05, 0.1) is 5.69 Å². The van der Waals surface area contributed by atoms with Crippen LogP contribution >= 0.6 is 0 Å². The van der Waals surface area contributed by atoms with Gasteiger partial charge in [0.25, 0.3) is 0 Å². The zero-order valence-electron chi connectivity index (χ0n) is 14.8. The fourth-order valence-corrected chi connectivity index (χ4v) is 3.89. The van der Waals surface area contributed by atoms with E-state index in [4.69, 9.17) is 4.74 Å². The van der Waals surface area contributed by atoms with E-state index in [1.165, 1.54) is 32.1 Å². The second-order valence-electron chi connectivity index (χ2n) is 6.91. The monoisotopic (exact) mass is 345 g/mol. The topological polar surface area (TPSA) is 38.3 Å². The van der Waals surface area contributed by atoms with Crippen molar-refractivity contribution in [3.05, 3.63) is 72.3 Å². The van der Waals surface area contributed by atoms with E-state index in [-0.39, 0.29) is 0 Å². The van der Waals surface area contributed by atoms with E-state index in [1.807, 2.05) is 60.7 Å². The number of para-hydroxylation sites is 1. The van der Waals surface area contributed by atoms with Crippen molar-refractivity contribution in [3.8, 4) is 5.75 Å². The zero-order chi connectivity index (χ0) is 17.8. The van der Waals surface area contributed by atoms with E-state index in [1.54, 1.807) is 0 Å². The van der Waals surface area contributed by atoms with E-state index < -0.39 is 6.09 Å². The molecule has 0 atom stereocenters. The van der Waals surface area contributed by atoms with Crippen LogP contribution in [0.4, 0.5) is 10.5 Å². The van der Waals surface area contributed by atoms with E-state index >= 15 is 0 Å². The molecule has 132 valence electrons. The lowest BCUT2D eigenvalue weighted by Gasteiger charge is -2.23. The summed E-state index contributed by atoms with van der Waals surface area (Å²) in [6.07, 6.45) is 5.71. The first-order valence-corrected chi connectivity index (χ1v) is 9.37. The van der Waals surface area contributed by atoms with Crippen LogP contribution in [0.5, 0.6) is 5.75 Å². The van der Waals surface area contributed by atoms with Gasteiger partial charge in [-0.2, -0.15) is 0 Å². The maximum Gasteiger partial charge on any atom is 0.417 e. The van der Waals surface area contributed by atoms with Crippen LogP contribution in [0.1, 0.15) is 43.6 Å². The number of ether oxygens (including phenoxy) is 1. The van der Waals surface area contributed by atoms with Crippen molar-refractivity contribution >= 4 is 22.6 Å². The molecule has 3 heteroatoms. The standard InChI is InChI=1S/C23H23NO2/c25-23(24-21-15-8-12-17-11-4-5-13-19(17)21)26-22-16-7-6-14-20(22)18-9-2-1-3-10-18/h4-8,11-16,18H,1-3,9-10H2,(H,24,25). The molecule has 0 heterocycles. The summed E-state index contributed by atoms with van der Waals surface area (Å²) in [6.45, 7) is 0. The summed E-state index contributed by atoms with van der Waals surface area (Å²) >= 11 is 0. The van der Waals surface area contributed by atoms with Crippen LogP contribution in [-0.4, -0.2) is 6.09 Å². The Morgan fingerprint density at radius 1 is 0.846 bits per heavy atom. The lowest BCUT2D eigenvalue weighted by Crippen LogP contribution is -2.18. The minimum atomic E-state index is -0.440. The summed E-state index contributed by atoms with van der Waals surface area (Å²) in [5.74, 6) is 1.17. The molecule has 4 rings (SSSR count). The summed E-state index contributed by atoms with van der Waals surface area (Å²) in [5.41, 5.74) is 1.92. The predicted octanol–water partition coefficient (Wildman–Crippen LogP) is 6.50. The number of carbonyl (C=O) groups is 1. The molecular weight excluding hydrogens is 322 g/mol. The Balaban J connectivity index is 1.53. The molecule has 1 saturated carbocycles. The highest BCUT2D eigenvalue weighted by molar-refractivity contribution is 6.00. The van der Waals surface area contributed by atoms with Gasteiger partial charge in [-0.3, -0.25) is 5.32 Å². The number of amides is 1. The smallest absolute Gasteiger partial charge is 0.410 e. The minimum Gasteiger partial charge on any atom is -0.410 e. The van der Waals surface area contributed by atoms with Crippen molar-refractivity contribution in [1.82, 2.24) is 0 Å². The van der Waals surface area contributed by atoms with Crippen LogP contribution < -0.4 is 10.1 Å². The molecule has 3 aromatic carbocycles. The van der Waals surface area contributed by atoms with Crippen molar-refractivity contribution in [2.24, 2.45) is 0 Å². The molecule has 1 aliphatic carbocycles. The van der Waals surface area contributed by atoms with Crippen LogP contribution in [0.3, 0.4) is 0 Å². The molecule has 1 fully saturated rings. The Kier molecular flexibility index (Phi) is 4.87. The molecule has 3 aromatic rings. The molecule has 0 spiro atoms. The van der Waals surface area contributed by atoms with Gasteiger partial charge in [0.15, 0.2) is 0 Å². The highest BCUT2D eigenvalue weighted by Gasteiger charge is 2.20. The highest BCUT2D eigenvalue weighted by atomic mass is 16.6. The molecule has 1 aliphatic rings. The van der Waals surface area contributed by atoms with Crippen molar-refractivity contribution in [2.75, 3.05) is 5.32 Å². The fourth-order valence-electron chi connectivity index (χ4n) is 3.89.